The first-order chi connectivity index (χ1) is 20.0. The van der Waals surface area contributed by atoms with Crippen LogP contribution in [0.2, 0.25) is 0 Å². The Morgan fingerprint density at radius 2 is 1.32 bits per heavy atom. The van der Waals surface area contributed by atoms with Crippen molar-refractivity contribution in [2.45, 2.75) is 20.8 Å². The number of aromatic nitrogens is 1. The largest absolute Gasteiger partial charge is 0.376 e. The van der Waals surface area contributed by atoms with Gasteiger partial charge in [0, 0.05) is 52.8 Å². The van der Waals surface area contributed by atoms with Crippen LogP contribution in [-0.2, 0) is 0 Å². The summed E-state index contributed by atoms with van der Waals surface area (Å²) in [6.07, 6.45) is 1.91. The molecule has 3 aliphatic rings. The highest BCUT2D eigenvalue weighted by Gasteiger charge is 2.42. The average molecular weight is 530 g/mol. The maximum Gasteiger partial charge on any atom is 0.329 e. The van der Waals surface area contributed by atoms with Crippen LogP contribution < -0.4 is 20.6 Å². The van der Waals surface area contributed by atoms with E-state index in [9.17, 15) is 0 Å². The Hall–Kier alpha value is -4.77. The van der Waals surface area contributed by atoms with Crippen molar-refractivity contribution in [2.75, 3.05) is 23.4 Å². The number of nitrogens with zero attached hydrogens (tertiary/aromatic N) is 4. The van der Waals surface area contributed by atoms with Crippen molar-refractivity contribution < 1.29 is 0 Å². The molecule has 0 fully saturated rings. The molecule has 0 saturated heterocycles. The zero-order valence-electron chi connectivity index (χ0n) is 23.9. The molecule has 198 valence electrons. The highest BCUT2D eigenvalue weighted by molar-refractivity contribution is 6.92. The second-order valence-electron chi connectivity index (χ2n) is 11.5. The SMILES string of the molecule is CC1=C(C)N(c2ccc3c(c2)B2c4cc(-c5cc(C)ccn5)ccc4-c4ccccc4N2c2ccccc2-3)CN1C. The summed E-state index contributed by atoms with van der Waals surface area (Å²) in [7, 11) is 2.17. The van der Waals surface area contributed by atoms with Gasteiger partial charge in [0.1, 0.15) is 0 Å². The van der Waals surface area contributed by atoms with Gasteiger partial charge in [-0.1, -0.05) is 60.7 Å². The Labute approximate surface area is 242 Å². The van der Waals surface area contributed by atoms with Crippen molar-refractivity contribution in [1.29, 1.82) is 0 Å². The van der Waals surface area contributed by atoms with Crippen molar-refractivity contribution in [2.24, 2.45) is 0 Å². The number of hydrogen-bond donors (Lipinski definition) is 0. The number of benzene rings is 4. The smallest absolute Gasteiger partial charge is 0.329 e. The molecule has 8 rings (SSSR count). The average Bonchev–Trinajstić information content (AvgIpc) is 3.27. The minimum Gasteiger partial charge on any atom is -0.376 e. The topological polar surface area (TPSA) is 22.6 Å². The summed E-state index contributed by atoms with van der Waals surface area (Å²) in [6.45, 7) is 7.48. The Kier molecular flexibility index (Phi) is 5.21. The lowest BCUT2D eigenvalue weighted by Crippen LogP contribution is -2.59. The number of fused-ring (bicyclic) bond motifs is 11. The predicted molar refractivity (Wildman–Crippen MR) is 172 cm³/mol. The molecule has 0 saturated carbocycles. The van der Waals surface area contributed by atoms with E-state index in [1.54, 1.807) is 0 Å². The molecule has 0 unspecified atom stereocenters. The van der Waals surface area contributed by atoms with Crippen LogP contribution in [-0.4, -0.2) is 30.4 Å². The molecule has 0 amide bonds. The Morgan fingerprint density at radius 3 is 1.98 bits per heavy atom. The molecular weight excluding hydrogens is 499 g/mol. The van der Waals surface area contributed by atoms with Gasteiger partial charge >= 0.3 is 6.85 Å². The molecule has 4 nitrogen and oxygen atoms in total. The van der Waals surface area contributed by atoms with Gasteiger partial charge < -0.3 is 14.6 Å². The summed E-state index contributed by atoms with van der Waals surface area (Å²) in [4.78, 5) is 12.1. The minimum absolute atomic E-state index is 0.0419. The van der Waals surface area contributed by atoms with Crippen LogP contribution >= 0.6 is 0 Å². The molecule has 0 spiro atoms. The highest BCUT2D eigenvalue weighted by atomic mass is 15.4. The first-order valence-corrected chi connectivity index (χ1v) is 14.3. The number of para-hydroxylation sites is 2. The van der Waals surface area contributed by atoms with Crippen LogP contribution in [0.3, 0.4) is 0 Å². The van der Waals surface area contributed by atoms with E-state index in [0.29, 0.717) is 0 Å². The maximum absolute atomic E-state index is 4.75. The van der Waals surface area contributed by atoms with Crippen LogP contribution in [0.5, 0.6) is 0 Å². The molecule has 41 heavy (non-hydrogen) atoms. The number of pyridine rings is 1. The second-order valence-corrected chi connectivity index (χ2v) is 11.5. The predicted octanol–water partition coefficient (Wildman–Crippen LogP) is 6.92. The number of allylic oxidation sites excluding steroid dienone is 2. The van der Waals surface area contributed by atoms with Gasteiger partial charge in [0.15, 0.2) is 0 Å². The molecule has 3 aliphatic heterocycles. The lowest BCUT2D eigenvalue weighted by Gasteiger charge is -2.43. The van der Waals surface area contributed by atoms with Gasteiger partial charge in [-0.3, -0.25) is 4.98 Å². The highest BCUT2D eigenvalue weighted by Crippen LogP contribution is 2.46. The lowest BCUT2D eigenvalue weighted by molar-refractivity contribution is 0.460. The quantitative estimate of drug-likeness (QED) is 0.231. The second kappa shape index (κ2) is 8.87. The lowest BCUT2D eigenvalue weighted by atomic mass is 9.43. The number of rotatable bonds is 2. The van der Waals surface area contributed by atoms with Crippen molar-refractivity contribution >= 4 is 34.8 Å². The molecule has 0 radical (unpaired) electrons. The number of aryl methyl sites for hydroxylation is 1. The van der Waals surface area contributed by atoms with Gasteiger partial charge in [-0.15, -0.1) is 0 Å². The van der Waals surface area contributed by atoms with E-state index in [4.69, 9.17) is 4.98 Å². The maximum atomic E-state index is 4.75. The van der Waals surface area contributed by atoms with E-state index in [-0.39, 0.29) is 6.85 Å². The molecular formula is C36H31BN4. The van der Waals surface area contributed by atoms with E-state index in [1.165, 1.54) is 67.2 Å². The van der Waals surface area contributed by atoms with Crippen LogP contribution in [0.1, 0.15) is 19.4 Å². The van der Waals surface area contributed by atoms with Crippen molar-refractivity contribution in [3.63, 3.8) is 0 Å². The fourth-order valence-corrected chi connectivity index (χ4v) is 6.92. The van der Waals surface area contributed by atoms with Gasteiger partial charge in [-0.2, -0.15) is 0 Å². The third-order valence-corrected chi connectivity index (χ3v) is 9.22. The fourth-order valence-electron chi connectivity index (χ4n) is 6.92. The van der Waals surface area contributed by atoms with E-state index >= 15 is 0 Å². The third kappa shape index (κ3) is 3.51. The Bertz CT molecular complexity index is 1910. The Morgan fingerprint density at radius 1 is 0.659 bits per heavy atom. The summed E-state index contributed by atoms with van der Waals surface area (Å²) >= 11 is 0. The standard InChI is InChI=1S/C36H31BN4/c1-23-17-18-38-34(19-23)26-13-15-28-30-9-5-7-11-35(30)41-36-12-8-6-10-31(36)29-16-14-27(21-33(29)37(41)32(28)20-26)40-22-39(4)24(2)25(40)3/h5-21H,22H2,1-4H3. The van der Waals surface area contributed by atoms with E-state index in [2.05, 4.69) is 139 Å². The van der Waals surface area contributed by atoms with Crippen LogP contribution in [0.4, 0.5) is 17.1 Å². The van der Waals surface area contributed by atoms with Gasteiger partial charge in [0.2, 0.25) is 0 Å². The summed E-state index contributed by atoms with van der Waals surface area (Å²) in [6, 6.07) is 36.0. The van der Waals surface area contributed by atoms with Gasteiger partial charge in [0.25, 0.3) is 0 Å². The summed E-state index contributed by atoms with van der Waals surface area (Å²) in [5, 5.41) is 0. The van der Waals surface area contributed by atoms with Gasteiger partial charge in [-0.25, -0.2) is 0 Å². The normalized spacial score (nSPS) is 14.9. The van der Waals surface area contributed by atoms with Crippen molar-refractivity contribution in [1.82, 2.24) is 9.88 Å². The molecule has 0 N–H and O–H groups in total. The van der Waals surface area contributed by atoms with E-state index < -0.39 is 0 Å². The third-order valence-electron chi connectivity index (χ3n) is 9.22. The summed E-state index contributed by atoms with van der Waals surface area (Å²) in [5.41, 5.74) is 17.6. The molecule has 1 aromatic heterocycles. The van der Waals surface area contributed by atoms with Crippen LogP contribution in [0.25, 0.3) is 33.5 Å². The van der Waals surface area contributed by atoms with Crippen LogP contribution in [0.15, 0.2) is 115 Å². The van der Waals surface area contributed by atoms with E-state index in [0.717, 1.165) is 17.9 Å². The van der Waals surface area contributed by atoms with E-state index in [1.807, 2.05) is 6.20 Å². The molecule has 4 aromatic carbocycles. The van der Waals surface area contributed by atoms with Crippen molar-refractivity contribution in [3.8, 4) is 33.5 Å². The number of anilines is 3. The van der Waals surface area contributed by atoms with Gasteiger partial charge in [-0.05, 0) is 90.3 Å². The summed E-state index contributed by atoms with van der Waals surface area (Å²) in [5.74, 6) is 0. The molecule has 5 aromatic rings. The zero-order valence-corrected chi connectivity index (χ0v) is 23.9. The molecule has 0 aliphatic carbocycles. The van der Waals surface area contributed by atoms with Gasteiger partial charge in [0.05, 0.1) is 12.4 Å². The Balaban J connectivity index is 1.40. The number of hydrogen-bond acceptors (Lipinski definition) is 4. The molecule has 4 heterocycles. The first kappa shape index (κ1) is 24.1. The molecule has 5 heteroatoms. The summed E-state index contributed by atoms with van der Waals surface area (Å²) < 4.78 is 0. The zero-order chi connectivity index (χ0) is 27.8. The van der Waals surface area contributed by atoms with Crippen LogP contribution in [0, 0.1) is 6.92 Å². The van der Waals surface area contributed by atoms with Crippen molar-refractivity contribution in [3.05, 3.63) is 120 Å². The molecule has 0 bridgehead atoms. The monoisotopic (exact) mass is 530 g/mol. The minimum atomic E-state index is 0.0419. The molecule has 0 atom stereocenters. The fraction of sp³-hybridized carbons (Fsp3) is 0.139. The first-order valence-electron chi connectivity index (χ1n) is 14.3.